The van der Waals surface area contributed by atoms with E-state index in [9.17, 15) is 4.79 Å². The summed E-state index contributed by atoms with van der Waals surface area (Å²) in [6, 6.07) is 7.95. The largest absolute Gasteiger partial charge is 0.309 e. The van der Waals surface area contributed by atoms with Crippen molar-refractivity contribution < 1.29 is 4.79 Å². The van der Waals surface area contributed by atoms with Gasteiger partial charge < -0.3 is 9.88 Å². The fourth-order valence-electron chi connectivity index (χ4n) is 3.54. The number of thioether (sulfide) groups is 1. The molecule has 6 nitrogen and oxygen atoms in total. The summed E-state index contributed by atoms with van der Waals surface area (Å²) in [7, 11) is 2.00. The van der Waals surface area contributed by atoms with Gasteiger partial charge in [-0.25, -0.2) is 4.98 Å². The number of hydrogen-bond donors (Lipinski definition) is 1. The molecule has 1 amide bonds. The van der Waals surface area contributed by atoms with Gasteiger partial charge in [-0.3, -0.25) is 4.79 Å². The van der Waals surface area contributed by atoms with E-state index >= 15 is 0 Å². The van der Waals surface area contributed by atoms with Crippen LogP contribution in [0.15, 0.2) is 39.3 Å². The second kappa shape index (κ2) is 9.40. The number of benzene rings is 1. The van der Waals surface area contributed by atoms with Crippen LogP contribution in [0, 0.1) is 0 Å². The van der Waals surface area contributed by atoms with E-state index in [2.05, 4.69) is 36.4 Å². The maximum Gasteiger partial charge on any atom is 0.236 e. The lowest BCUT2D eigenvalue weighted by molar-refractivity contribution is -0.113. The number of aromatic nitrogens is 4. The van der Waals surface area contributed by atoms with E-state index in [-0.39, 0.29) is 11.7 Å². The van der Waals surface area contributed by atoms with Crippen molar-refractivity contribution in [1.29, 1.82) is 0 Å². The van der Waals surface area contributed by atoms with Gasteiger partial charge >= 0.3 is 0 Å². The normalized spacial score (nSPS) is 14.8. The van der Waals surface area contributed by atoms with Gasteiger partial charge in [0.05, 0.1) is 11.4 Å². The molecule has 9 heteroatoms. The maximum atomic E-state index is 12.4. The van der Waals surface area contributed by atoms with Gasteiger partial charge in [-0.2, -0.15) is 0 Å². The molecule has 152 valence electrons. The van der Waals surface area contributed by atoms with Crippen LogP contribution in [0.5, 0.6) is 0 Å². The van der Waals surface area contributed by atoms with Crippen molar-refractivity contribution in [3.05, 3.63) is 39.9 Å². The summed E-state index contributed by atoms with van der Waals surface area (Å²) in [5.74, 6) is 1.74. The van der Waals surface area contributed by atoms with Gasteiger partial charge in [-0.15, -0.1) is 21.5 Å². The zero-order chi connectivity index (χ0) is 20.2. The molecule has 0 radical (unpaired) electrons. The number of carbonyl (C=O) groups excluding carboxylic acids is 1. The number of carbonyl (C=O) groups is 1. The molecule has 4 rings (SSSR count). The van der Waals surface area contributed by atoms with Crippen molar-refractivity contribution in [3.8, 4) is 11.3 Å². The van der Waals surface area contributed by atoms with Crippen LogP contribution in [0.25, 0.3) is 11.3 Å². The van der Waals surface area contributed by atoms with Crippen molar-refractivity contribution in [2.75, 3.05) is 11.1 Å². The Labute approximate surface area is 186 Å². The molecule has 3 aromatic rings. The smallest absolute Gasteiger partial charge is 0.236 e. The maximum absolute atomic E-state index is 12.4. The van der Waals surface area contributed by atoms with Crippen molar-refractivity contribution in [2.24, 2.45) is 7.05 Å². The third-order valence-electron chi connectivity index (χ3n) is 5.06. The van der Waals surface area contributed by atoms with E-state index in [1.807, 2.05) is 41.3 Å². The lowest BCUT2D eigenvalue weighted by Gasteiger charge is -2.20. The van der Waals surface area contributed by atoms with Crippen LogP contribution in [-0.2, 0) is 11.8 Å². The van der Waals surface area contributed by atoms with Crippen LogP contribution in [-0.4, -0.2) is 31.4 Å². The molecule has 29 heavy (non-hydrogen) atoms. The Morgan fingerprint density at radius 2 is 2.00 bits per heavy atom. The molecule has 1 aromatic carbocycles. The number of amides is 1. The van der Waals surface area contributed by atoms with Gasteiger partial charge in [0.2, 0.25) is 5.91 Å². The highest BCUT2D eigenvalue weighted by Gasteiger charge is 2.22. The molecule has 0 saturated heterocycles. The first-order valence-electron chi connectivity index (χ1n) is 9.63. The molecule has 1 aliphatic carbocycles. The summed E-state index contributed by atoms with van der Waals surface area (Å²) in [5, 5.41) is 14.9. The van der Waals surface area contributed by atoms with Gasteiger partial charge in [0, 0.05) is 28.4 Å². The van der Waals surface area contributed by atoms with Crippen molar-refractivity contribution in [3.63, 3.8) is 0 Å². The Hall–Kier alpha value is -1.71. The zero-order valence-electron chi connectivity index (χ0n) is 16.1. The lowest BCUT2D eigenvalue weighted by atomic mass is 9.89. The molecule has 0 unspecified atom stereocenters. The highest BCUT2D eigenvalue weighted by atomic mass is 79.9. The summed E-state index contributed by atoms with van der Waals surface area (Å²) in [4.78, 5) is 16.9. The van der Waals surface area contributed by atoms with E-state index in [4.69, 9.17) is 0 Å². The quantitative estimate of drug-likeness (QED) is 0.462. The minimum Gasteiger partial charge on any atom is -0.309 e. The van der Waals surface area contributed by atoms with Crippen molar-refractivity contribution >= 4 is 50.1 Å². The number of nitrogens with one attached hydrogen (secondary N) is 1. The molecule has 0 bridgehead atoms. The molecule has 0 atom stereocenters. The average Bonchev–Trinajstić information content (AvgIpc) is 3.34. The third-order valence-corrected chi connectivity index (χ3v) is 7.37. The van der Waals surface area contributed by atoms with E-state index in [1.165, 1.54) is 55.2 Å². The number of anilines is 1. The minimum absolute atomic E-state index is 0.0890. The molecule has 0 spiro atoms. The average molecular weight is 492 g/mol. The fraction of sp³-hybridized carbons (Fsp3) is 0.400. The molecule has 1 N–H and O–H groups in total. The van der Waals surface area contributed by atoms with E-state index in [1.54, 1.807) is 0 Å². The van der Waals surface area contributed by atoms with Crippen LogP contribution < -0.4 is 5.32 Å². The predicted octanol–water partition coefficient (Wildman–Crippen LogP) is 5.48. The molecule has 1 saturated carbocycles. The van der Waals surface area contributed by atoms with Crippen molar-refractivity contribution in [2.45, 2.75) is 43.2 Å². The van der Waals surface area contributed by atoms with Crippen LogP contribution in [0.2, 0.25) is 0 Å². The number of rotatable bonds is 6. The number of thiazole rings is 1. The first-order valence-corrected chi connectivity index (χ1v) is 12.3. The third kappa shape index (κ3) is 5.07. The Balaban J connectivity index is 1.33. The second-order valence-corrected chi connectivity index (χ2v) is 9.83. The lowest BCUT2D eigenvalue weighted by Crippen LogP contribution is -2.14. The highest BCUT2D eigenvalue weighted by molar-refractivity contribution is 9.10. The number of halogens is 1. The van der Waals surface area contributed by atoms with E-state index in [0.717, 1.165) is 26.7 Å². The van der Waals surface area contributed by atoms with Gasteiger partial charge in [-0.05, 0) is 25.0 Å². The molecule has 1 aliphatic rings. The van der Waals surface area contributed by atoms with Gasteiger partial charge in [0.1, 0.15) is 5.82 Å². The predicted molar refractivity (Wildman–Crippen MR) is 121 cm³/mol. The van der Waals surface area contributed by atoms with E-state index in [0.29, 0.717) is 11.0 Å². The Kier molecular flexibility index (Phi) is 6.67. The van der Waals surface area contributed by atoms with Gasteiger partial charge in [0.15, 0.2) is 10.3 Å². The molecule has 0 aliphatic heterocycles. The number of nitrogens with zero attached hydrogens (tertiary/aromatic N) is 4. The van der Waals surface area contributed by atoms with Crippen LogP contribution >= 0.6 is 39.0 Å². The van der Waals surface area contributed by atoms with Gasteiger partial charge in [-0.1, -0.05) is 59.1 Å². The number of hydrogen-bond acceptors (Lipinski definition) is 6. The standard InChI is InChI=1S/C20H22BrN5OS2/c1-26-18(14-5-3-2-4-6-14)24-25-20(26)29-12-17(27)23-19-22-16(11-28-19)13-7-9-15(21)10-8-13/h7-11,14H,2-6,12H2,1H3,(H,22,23,27). The Morgan fingerprint density at radius 3 is 2.76 bits per heavy atom. The summed E-state index contributed by atoms with van der Waals surface area (Å²) < 4.78 is 3.07. The van der Waals surface area contributed by atoms with E-state index < -0.39 is 0 Å². The second-order valence-electron chi connectivity index (χ2n) is 7.12. The van der Waals surface area contributed by atoms with Crippen molar-refractivity contribution in [1.82, 2.24) is 19.7 Å². The van der Waals surface area contributed by atoms with Crippen LogP contribution in [0.1, 0.15) is 43.8 Å². The summed E-state index contributed by atoms with van der Waals surface area (Å²) in [6.45, 7) is 0. The first kappa shape index (κ1) is 20.6. The topological polar surface area (TPSA) is 72.7 Å². The van der Waals surface area contributed by atoms with Crippen LogP contribution in [0.3, 0.4) is 0 Å². The molecule has 2 aromatic heterocycles. The van der Waals surface area contributed by atoms with Gasteiger partial charge in [0.25, 0.3) is 0 Å². The summed E-state index contributed by atoms with van der Waals surface area (Å²) in [5.41, 5.74) is 1.88. The Bertz CT molecular complexity index is 979. The van der Waals surface area contributed by atoms with Crippen LogP contribution in [0.4, 0.5) is 5.13 Å². The monoisotopic (exact) mass is 491 g/mol. The summed E-state index contributed by atoms with van der Waals surface area (Å²) in [6.07, 6.45) is 6.21. The minimum atomic E-state index is -0.0890. The highest BCUT2D eigenvalue weighted by Crippen LogP contribution is 2.32. The zero-order valence-corrected chi connectivity index (χ0v) is 19.3. The summed E-state index contributed by atoms with van der Waals surface area (Å²) >= 11 is 6.27. The molecule has 1 fully saturated rings. The fourth-order valence-corrected chi connectivity index (χ4v) is 5.26. The Morgan fingerprint density at radius 1 is 1.24 bits per heavy atom. The first-order chi connectivity index (χ1) is 14.1. The molecular formula is C20H22BrN5OS2. The SMILES string of the molecule is Cn1c(SCC(=O)Nc2nc(-c3ccc(Br)cc3)cs2)nnc1C1CCCCC1. The molecule has 2 heterocycles. The molecular weight excluding hydrogens is 470 g/mol.